The van der Waals surface area contributed by atoms with E-state index in [0.717, 1.165) is 18.4 Å². The third-order valence-corrected chi connectivity index (χ3v) is 5.39. The van der Waals surface area contributed by atoms with Crippen molar-refractivity contribution in [1.82, 2.24) is 9.55 Å². The van der Waals surface area contributed by atoms with Crippen molar-refractivity contribution in [2.45, 2.75) is 37.0 Å². The Balaban J connectivity index is 2.07. The Morgan fingerprint density at radius 1 is 1.42 bits per heavy atom. The third-order valence-electron chi connectivity index (χ3n) is 4.00. The second-order valence-electron chi connectivity index (χ2n) is 5.11. The van der Waals surface area contributed by atoms with Gasteiger partial charge in [0.1, 0.15) is 11.3 Å². The molecule has 1 heterocycles. The first-order valence-corrected chi connectivity index (χ1v) is 8.32. The summed E-state index contributed by atoms with van der Waals surface area (Å²) in [5, 5.41) is 0.694. The number of thioether (sulfide) groups is 1. The van der Waals surface area contributed by atoms with Crippen LogP contribution in [-0.2, 0) is 0 Å². The predicted molar refractivity (Wildman–Crippen MR) is 81.9 cm³/mol. The third kappa shape index (κ3) is 2.34. The van der Waals surface area contributed by atoms with Gasteiger partial charge in [-0.2, -0.15) is 11.8 Å². The van der Waals surface area contributed by atoms with Crippen LogP contribution in [-0.4, -0.2) is 21.1 Å². The van der Waals surface area contributed by atoms with Crippen LogP contribution >= 0.6 is 24.0 Å². The molecule has 2 unspecified atom stereocenters. The molecular weight excluding hydrogens is 279 g/mol. The monoisotopic (exact) mass is 296 g/mol. The molecular formula is C14H17FN2S2. The lowest BCUT2D eigenvalue weighted by molar-refractivity contribution is 0.365. The maximum Gasteiger partial charge on any atom is 0.178 e. The van der Waals surface area contributed by atoms with Gasteiger partial charge in [-0.1, -0.05) is 12.5 Å². The molecule has 1 aromatic carbocycles. The molecule has 1 fully saturated rings. The van der Waals surface area contributed by atoms with Crippen LogP contribution < -0.4 is 0 Å². The number of fused-ring (bicyclic) bond motifs is 1. The van der Waals surface area contributed by atoms with E-state index in [1.54, 1.807) is 6.07 Å². The van der Waals surface area contributed by atoms with Gasteiger partial charge >= 0.3 is 0 Å². The number of hydrogen-bond donors (Lipinski definition) is 1. The normalized spacial score (nSPS) is 23.9. The molecule has 0 bridgehead atoms. The summed E-state index contributed by atoms with van der Waals surface area (Å²) in [6, 6.07) is 5.58. The molecule has 2 aromatic rings. The number of hydrogen-bond acceptors (Lipinski definition) is 2. The zero-order valence-electron chi connectivity index (χ0n) is 10.9. The van der Waals surface area contributed by atoms with Crippen molar-refractivity contribution in [2.24, 2.45) is 0 Å². The number of aromatic amines is 1. The Morgan fingerprint density at radius 3 is 3.05 bits per heavy atom. The summed E-state index contributed by atoms with van der Waals surface area (Å²) in [6.07, 6.45) is 6.93. The molecule has 1 saturated carbocycles. The molecule has 0 radical (unpaired) electrons. The van der Waals surface area contributed by atoms with E-state index < -0.39 is 0 Å². The van der Waals surface area contributed by atoms with E-state index >= 15 is 0 Å². The molecule has 1 aromatic heterocycles. The van der Waals surface area contributed by atoms with Crippen molar-refractivity contribution in [3.05, 3.63) is 28.8 Å². The largest absolute Gasteiger partial charge is 0.328 e. The van der Waals surface area contributed by atoms with Gasteiger partial charge in [0, 0.05) is 11.3 Å². The Hall–Kier alpha value is -0.810. The maximum atomic E-state index is 13.8. The molecule has 3 rings (SSSR count). The minimum atomic E-state index is -0.223. The molecule has 1 aliphatic carbocycles. The lowest BCUT2D eigenvalue weighted by Crippen LogP contribution is -2.20. The van der Waals surface area contributed by atoms with Crippen LogP contribution in [0.5, 0.6) is 0 Å². The number of nitrogens with one attached hydrogen (secondary N) is 1. The summed E-state index contributed by atoms with van der Waals surface area (Å²) < 4.78 is 16.6. The van der Waals surface area contributed by atoms with Crippen LogP contribution in [0.1, 0.15) is 31.7 Å². The van der Waals surface area contributed by atoms with E-state index in [4.69, 9.17) is 12.2 Å². The van der Waals surface area contributed by atoms with Crippen molar-refractivity contribution in [3.63, 3.8) is 0 Å². The van der Waals surface area contributed by atoms with Crippen LogP contribution in [0.4, 0.5) is 4.39 Å². The lowest BCUT2D eigenvalue weighted by atomic mass is 9.94. The summed E-state index contributed by atoms with van der Waals surface area (Å²) in [5.41, 5.74) is 1.44. The summed E-state index contributed by atoms with van der Waals surface area (Å²) in [7, 11) is 0. The smallest absolute Gasteiger partial charge is 0.178 e. The van der Waals surface area contributed by atoms with Crippen molar-refractivity contribution in [3.8, 4) is 0 Å². The first-order valence-electron chi connectivity index (χ1n) is 6.62. The van der Waals surface area contributed by atoms with Crippen LogP contribution in [0.25, 0.3) is 11.0 Å². The van der Waals surface area contributed by atoms with E-state index in [2.05, 4.69) is 15.8 Å². The molecule has 5 heteroatoms. The van der Waals surface area contributed by atoms with Crippen LogP contribution in [0, 0.1) is 10.6 Å². The van der Waals surface area contributed by atoms with E-state index in [-0.39, 0.29) is 5.82 Å². The molecule has 0 spiro atoms. The van der Waals surface area contributed by atoms with Gasteiger partial charge in [0.05, 0.1) is 5.52 Å². The van der Waals surface area contributed by atoms with Crippen molar-refractivity contribution < 1.29 is 4.39 Å². The fourth-order valence-electron chi connectivity index (χ4n) is 3.05. The summed E-state index contributed by atoms with van der Waals surface area (Å²) in [5.74, 6) is -0.223. The van der Waals surface area contributed by atoms with Gasteiger partial charge in [-0.3, -0.25) is 0 Å². The topological polar surface area (TPSA) is 20.7 Å². The number of H-pyrrole nitrogens is 1. The van der Waals surface area contributed by atoms with Crippen molar-refractivity contribution in [2.75, 3.05) is 6.26 Å². The zero-order chi connectivity index (χ0) is 13.4. The average molecular weight is 296 g/mol. The average Bonchev–Trinajstić information content (AvgIpc) is 2.77. The van der Waals surface area contributed by atoms with Crippen molar-refractivity contribution in [1.29, 1.82) is 0 Å². The highest BCUT2D eigenvalue weighted by molar-refractivity contribution is 7.99. The van der Waals surface area contributed by atoms with Gasteiger partial charge in [-0.25, -0.2) is 4.39 Å². The first kappa shape index (κ1) is 13.2. The number of nitrogens with zero attached hydrogens (tertiary/aromatic N) is 1. The maximum absolute atomic E-state index is 13.8. The Morgan fingerprint density at radius 2 is 2.26 bits per heavy atom. The molecule has 2 atom stereocenters. The van der Waals surface area contributed by atoms with Crippen LogP contribution in [0.3, 0.4) is 0 Å². The summed E-state index contributed by atoms with van der Waals surface area (Å²) in [6.45, 7) is 0. The number of para-hydroxylation sites is 1. The Kier molecular flexibility index (Phi) is 3.67. The number of rotatable bonds is 2. The Bertz CT molecular complexity index is 646. The molecule has 0 aliphatic heterocycles. The van der Waals surface area contributed by atoms with Crippen LogP contribution in [0.2, 0.25) is 0 Å². The van der Waals surface area contributed by atoms with Gasteiger partial charge in [-0.05, 0) is 49.9 Å². The van der Waals surface area contributed by atoms with E-state index in [1.807, 2.05) is 17.8 Å². The van der Waals surface area contributed by atoms with E-state index in [9.17, 15) is 4.39 Å². The predicted octanol–water partition coefficient (Wildman–Crippen LogP) is 4.68. The molecule has 1 aliphatic rings. The minimum absolute atomic E-state index is 0.223. The fourth-order valence-corrected chi connectivity index (χ4v) is 4.21. The highest BCUT2D eigenvalue weighted by atomic mass is 32.2. The lowest BCUT2D eigenvalue weighted by Gasteiger charge is -2.29. The molecule has 1 N–H and O–H groups in total. The van der Waals surface area contributed by atoms with Crippen LogP contribution in [0.15, 0.2) is 18.2 Å². The van der Waals surface area contributed by atoms with Crippen molar-refractivity contribution >= 4 is 35.0 Å². The summed E-state index contributed by atoms with van der Waals surface area (Å²) >= 11 is 7.33. The SMILES string of the molecule is CSC1CCCC(n2c(=S)[nH]c3c(F)cccc32)C1. The van der Waals surface area contributed by atoms with Gasteiger partial charge in [0.25, 0.3) is 0 Å². The van der Waals surface area contributed by atoms with Gasteiger partial charge < -0.3 is 9.55 Å². The molecule has 19 heavy (non-hydrogen) atoms. The van der Waals surface area contributed by atoms with Gasteiger partial charge in [-0.15, -0.1) is 0 Å². The minimum Gasteiger partial charge on any atom is -0.328 e. The highest BCUT2D eigenvalue weighted by Crippen LogP contribution is 2.36. The van der Waals surface area contributed by atoms with Gasteiger partial charge in [0.2, 0.25) is 0 Å². The number of aromatic nitrogens is 2. The second kappa shape index (κ2) is 5.29. The standard InChI is InChI=1S/C14H17FN2S2/c1-19-10-5-2-4-9(8-10)17-12-7-3-6-11(15)13(12)16-14(17)18/h3,6-7,9-10H,2,4-5,8H2,1H3,(H,16,18). The number of halogens is 1. The quantitative estimate of drug-likeness (QED) is 0.812. The highest BCUT2D eigenvalue weighted by Gasteiger charge is 2.24. The molecule has 0 amide bonds. The molecule has 0 saturated heterocycles. The second-order valence-corrected chi connectivity index (χ2v) is 6.64. The number of benzene rings is 1. The fraction of sp³-hybridized carbons (Fsp3) is 0.500. The zero-order valence-corrected chi connectivity index (χ0v) is 12.5. The van der Waals surface area contributed by atoms with E-state index in [1.165, 1.54) is 18.9 Å². The molecule has 102 valence electrons. The van der Waals surface area contributed by atoms with Gasteiger partial charge in [0.15, 0.2) is 4.77 Å². The molecule has 2 nitrogen and oxygen atoms in total. The first-order chi connectivity index (χ1) is 9.20. The Labute approximate surface area is 121 Å². The summed E-state index contributed by atoms with van der Waals surface area (Å²) in [4.78, 5) is 3.02. The van der Waals surface area contributed by atoms with E-state index in [0.29, 0.717) is 21.6 Å². The number of imidazole rings is 1.